The number of aliphatic hydroxyl groups is 1. The molecule has 0 radical (unpaired) electrons. The first kappa shape index (κ1) is 18.0. The van der Waals surface area contributed by atoms with Crippen LogP contribution >= 0.6 is 0 Å². The van der Waals surface area contributed by atoms with Gasteiger partial charge in [-0.3, -0.25) is 4.79 Å². The van der Waals surface area contributed by atoms with Crippen LogP contribution in [-0.2, 0) is 16.0 Å². The van der Waals surface area contributed by atoms with Crippen LogP contribution in [0.15, 0.2) is 65.8 Å². The van der Waals surface area contributed by atoms with E-state index in [0.717, 1.165) is 27.9 Å². The number of benzene rings is 2. The highest BCUT2D eigenvalue weighted by Gasteiger charge is 2.25. The lowest BCUT2D eigenvalue weighted by Gasteiger charge is -2.17. The molecular weight excluding hydrogens is 354 g/mol. The summed E-state index contributed by atoms with van der Waals surface area (Å²) in [5.41, 5.74) is 4.41. The van der Waals surface area contributed by atoms with Gasteiger partial charge in [0.25, 0.3) is 0 Å². The van der Waals surface area contributed by atoms with Crippen LogP contribution in [0.4, 0.5) is 5.82 Å². The minimum absolute atomic E-state index is 0.239. The SMILES string of the molecule is CCOC(=O)Cc1ccc(-c2cn(-c3ccccc3)c3c2C(O)NC=N3)cc1. The van der Waals surface area contributed by atoms with Gasteiger partial charge in [-0.25, -0.2) is 4.99 Å². The third-order valence-corrected chi connectivity index (χ3v) is 4.66. The number of nitrogens with one attached hydrogen (secondary N) is 1. The van der Waals surface area contributed by atoms with Crippen LogP contribution in [0, 0.1) is 0 Å². The second-order valence-electron chi connectivity index (χ2n) is 6.49. The van der Waals surface area contributed by atoms with Crippen molar-refractivity contribution in [1.82, 2.24) is 9.88 Å². The molecule has 1 aliphatic rings. The summed E-state index contributed by atoms with van der Waals surface area (Å²) in [6.45, 7) is 2.17. The Morgan fingerprint density at radius 1 is 1.18 bits per heavy atom. The summed E-state index contributed by atoms with van der Waals surface area (Å²) in [5.74, 6) is 0.458. The van der Waals surface area contributed by atoms with E-state index in [4.69, 9.17) is 4.74 Å². The predicted molar refractivity (Wildman–Crippen MR) is 108 cm³/mol. The van der Waals surface area contributed by atoms with Crippen molar-refractivity contribution in [2.45, 2.75) is 19.6 Å². The van der Waals surface area contributed by atoms with Crippen molar-refractivity contribution in [2.24, 2.45) is 4.99 Å². The number of aliphatic imine (C=N–C) groups is 1. The summed E-state index contributed by atoms with van der Waals surface area (Å²) in [6.07, 6.45) is 2.89. The molecule has 1 aromatic heterocycles. The summed E-state index contributed by atoms with van der Waals surface area (Å²) in [6, 6.07) is 17.6. The molecule has 0 bridgehead atoms. The molecule has 6 nitrogen and oxygen atoms in total. The lowest BCUT2D eigenvalue weighted by molar-refractivity contribution is -0.142. The molecule has 0 aliphatic carbocycles. The van der Waals surface area contributed by atoms with Gasteiger partial charge in [0.15, 0.2) is 6.23 Å². The van der Waals surface area contributed by atoms with Crippen LogP contribution in [0.1, 0.15) is 24.3 Å². The molecule has 1 aliphatic heterocycles. The van der Waals surface area contributed by atoms with Gasteiger partial charge in [-0.1, -0.05) is 42.5 Å². The molecule has 2 N–H and O–H groups in total. The molecule has 28 heavy (non-hydrogen) atoms. The van der Waals surface area contributed by atoms with Crippen LogP contribution in [0.2, 0.25) is 0 Å². The van der Waals surface area contributed by atoms with Crippen LogP contribution < -0.4 is 5.32 Å². The van der Waals surface area contributed by atoms with E-state index in [0.29, 0.717) is 12.4 Å². The first-order valence-corrected chi connectivity index (χ1v) is 9.19. The topological polar surface area (TPSA) is 75.8 Å². The Balaban J connectivity index is 1.73. The Morgan fingerprint density at radius 2 is 1.93 bits per heavy atom. The highest BCUT2D eigenvalue weighted by atomic mass is 16.5. The molecule has 0 saturated heterocycles. The van der Waals surface area contributed by atoms with E-state index in [1.165, 1.54) is 6.34 Å². The second-order valence-corrected chi connectivity index (χ2v) is 6.49. The van der Waals surface area contributed by atoms with Crippen molar-refractivity contribution < 1.29 is 14.6 Å². The van der Waals surface area contributed by atoms with Crippen molar-refractivity contribution in [1.29, 1.82) is 0 Å². The Bertz CT molecular complexity index is 1010. The van der Waals surface area contributed by atoms with E-state index in [9.17, 15) is 9.90 Å². The van der Waals surface area contributed by atoms with Crippen LogP contribution in [0.3, 0.4) is 0 Å². The molecule has 6 heteroatoms. The summed E-state index contributed by atoms with van der Waals surface area (Å²) in [5, 5.41) is 13.4. The maximum absolute atomic E-state index is 11.7. The van der Waals surface area contributed by atoms with E-state index in [2.05, 4.69) is 10.3 Å². The normalized spacial score (nSPS) is 15.0. The smallest absolute Gasteiger partial charge is 0.310 e. The number of hydrogen-bond acceptors (Lipinski definition) is 5. The van der Waals surface area contributed by atoms with Gasteiger partial charge in [0, 0.05) is 17.4 Å². The fourth-order valence-corrected chi connectivity index (χ4v) is 3.36. The minimum Gasteiger partial charge on any atom is -0.466 e. The molecule has 1 unspecified atom stereocenters. The highest BCUT2D eigenvalue weighted by molar-refractivity contribution is 5.79. The van der Waals surface area contributed by atoms with Crippen LogP contribution in [0.5, 0.6) is 0 Å². The molecule has 0 amide bonds. The number of hydrogen-bond donors (Lipinski definition) is 2. The standard InChI is InChI=1S/C22H21N3O3/c1-2-28-19(26)12-15-8-10-16(11-9-15)18-13-25(17-6-4-3-5-7-17)21-20(18)22(27)24-14-23-21/h3-11,13-14,22,27H,2,12H2,1H3,(H,23,24). The number of para-hydroxylation sites is 1. The number of ether oxygens (including phenoxy) is 1. The Hall–Kier alpha value is -3.38. The van der Waals surface area contributed by atoms with Gasteiger partial charge in [-0.15, -0.1) is 0 Å². The molecule has 0 saturated carbocycles. The quantitative estimate of drug-likeness (QED) is 0.669. The molecule has 0 fully saturated rings. The summed E-state index contributed by atoms with van der Waals surface area (Å²) in [4.78, 5) is 16.1. The van der Waals surface area contributed by atoms with E-state index >= 15 is 0 Å². The lowest BCUT2D eigenvalue weighted by Crippen LogP contribution is -2.22. The largest absolute Gasteiger partial charge is 0.466 e. The molecular formula is C22H21N3O3. The fraction of sp³-hybridized carbons (Fsp3) is 0.182. The average molecular weight is 375 g/mol. The monoisotopic (exact) mass is 375 g/mol. The van der Waals surface area contributed by atoms with Crippen LogP contribution in [-0.4, -0.2) is 28.6 Å². The molecule has 1 atom stereocenters. The average Bonchev–Trinajstić information content (AvgIpc) is 3.10. The lowest BCUT2D eigenvalue weighted by atomic mass is 10.0. The highest BCUT2D eigenvalue weighted by Crippen LogP contribution is 2.40. The summed E-state index contributed by atoms with van der Waals surface area (Å²) < 4.78 is 6.97. The first-order chi connectivity index (χ1) is 13.7. The van der Waals surface area contributed by atoms with Crippen LogP contribution in [0.25, 0.3) is 16.8 Å². The van der Waals surface area contributed by atoms with Gasteiger partial charge in [0.1, 0.15) is 5.82 Å². The maximum atomic E-state index is 11.7. The molecule has 2 heterocycles. The number of esters is 1. The molecule has 0 spiro atoms. The Morgan fingerprint density at radius 3 is 2.64 bits per heavy atom. The van der Waals surface area contributed by atoms with E-state index in [1.54, 1.807) is 6.92 Å². The van der Waals surface area contributed by atoms with E-state index in [-0.39, 0.29) is 12.4 Å². The number of fused-ring (bicyclic) bond motifs is 1. The van der Waals surface area contributed by atoms with Gasteiger partial charge in [0.2, 0.25) is 0 Å². The van der Waals surface area contributed by atoms with Crippen molar-refractivity contribution in [3.05, 3.63) is 71.9 Å². The van der Waals surface area contributed by atoms with Gasteiger partial charge in [-0.2, -0.15) is 0 Å². The summed E-state index contributed by atoms with van der Waals surface area (Å²) in [7, 11) is 0. The Kier molecular flexibility index (Phi) is 4.95. The minimum atomic E-state index is -0.841. The second kappa shape index (κ2) is 7.70. The third kappa shape index (κ3) is 3.42. The van der Waals surface area contributed by atoms with Crippen molar-refractivity contribution >= 4 is 18.1 Å². The zero-order chi connectivity index (χ0) is 19.5. The molecule has 4 rings (SSSR count). The van der Waals surface area contributed by atoms with Gasteiger partial charge < -0.3 is 19.7 Å². The third-order valence-electron chi connectivity index (χ3n) is 4.66. The zero-order valence-corrected chi connectivity index (χ0v) is 15.5. The number of aliphatic hydroxyl groups excluding tert-OH is 1. The number of carbonyl (C=O) groups excluding carboxylic acids is 1. The summed E-state index contributed by atoms with van der Waals surface area (Å²) >= 11 is 0. The van der Waals surface area contributed by atoms with E-state index < -0.39 is 6.23 Å². The number of aromatic nitrogens is 1. The van der Waals surface area contributed by atoms with Crippen molar-refractivity contribution in [3.8, 4) is 16.8 Å². The maximum Gasteiger partial charge on any atom is 0.310 e. The predicted octanol–water partition coefficient (Wildman–Crippen LogP) is 3.50. The molecule has 142 valence electrons. The number of carbonyl (C=O) groups is 1. The van der Waals surface area contributed by atoms with Gasteiger partial charge in [-0.05, 0) is 30.2 Å². The van der Waals surface area contributed by atoms with E-state index in [1.807, 2.05) is 65.4 Å². The van der Waals surface area contributed by atoms with Gasteiger partial charge >= 0.3 is 5.97 Å². The molecule has 3 aromatic rings. The van der Waals surface area contributed by atoms with Gasteiger partial charge in [0.05, 0.1) is 24.9 Å². The fourth-order valence-electron chi connectivity index (χ4n) is 3.36. The number of rotatable bonds is 5. The number of nitrogens with zero attached hydrogens (tertiary/aromatic N) is 2. The zero-order valence-electron chi connectivity index (χ0n) is 15.5. The van der Waals surface area contributed by atoms with Crippen molar-refractivity contribution in [2.75, 3.05) is 6.61 Å². The Labute approximate surface area is 163 Å². The first-order valence-electron chi connectivity index (χ1n) is 9.19. The molecule has 2 aromatic carbocycles. The van der Waals surface area contributed by atoms with Crippen molar-refractivity contribution in [3.63, 3.8) is 0 Å².